The molecule has 0 rings (SSSR count). The molecular formula is C39H63O8P. The Hall–Kier alpha value is -2.77. The molecule has 272 valence electrons. The molecule has 2 N–H and O–H groups in total. The van der Waals surface area contributed by atoms with E-state index in [1.165, 1.54) is 12.8 Å². The average Bonchev–Trinajstić information content (AvgIpc) is 3.05. The third-order valence-corrected chi connectivity index (χ3v) is 7.40. The molecule has 0 aliphatic heterocycles. The minimum atomic E-state index is -4.77. The maximum atomic E-state index is 12.3. The van der Waals surface area contributed by atoms with Gasteiger partial charge in [0, 0.05) is 12.8 Å². The average molecular weight is 691 g/mol. The molecule has 1 atom stereocenters. The maximum Gasteiger partial charge on any atom is 0.469 e. The maximum absolute atomic E-state index is 12.3. The van der Waals surface area contributed by atoms with Crippen LogP contribution in [0.15, 0.2) is 85.1 Å². The van der Waals surface area contributed by atoms with Gasteiger partial charge in [-0.05, 0) is 70.6 Å². The molecule has 0 bridgehead atoms. The molecule has 0 saturated heterocycles. The van der Waals surface area contributed by atoms with Crippen molar-refractivity contribution in [2.45, 2.75) is 136 Å². The molecule has 0 fully saturated rings. The molecule has 0 aromatic heterocycles. The van der Waals surface area contributed by atoms with Crippen molar-refractivity contribution in [2.75, 3.05) is 13.2 Å². The van der Waals surface area contributed by atoms with Crippen molar-refractivity contribution in [1.82, 2.24) is 0 Å². The Bertz CT molecular complexity index is 1050. The van der Waals surface area contributed by atoms with Crippen LogP contribution >= 0.6 is 7.82 Å². The van der Waals surface area contributed by atoms with Gasteiger partial charge in [-0.2, -0.15) is 0 Å². The minimum absolute atomic E-state index is 0.0804. The number of phosphoric ester groups is 1. The van der Waals surface area contributed by atoms with Gasteiger partial charge >= 0.3 is 19.8 Å². The number of hydrogen-bond donors (Lipinski definition) is 2. The van der Waals surface area contributed by atoms with Crippen molar-refractivity contribution in [3.8, 4) is 0 Å². The number of hydrogen-bond acceptors (Lipinski definition) is 6. The Morgan fingerprint density at radius 1 is 0.562 bits per heavy atom. The first-order chi connectivity index (χ1) is 23.3. The zero-order valence-electron chi connectivity index (χ0n) is 29.6. The third kappa shape index (κ3) is 36.1. The van der Waals surface area contributed by atoms with Crippen LogP contribution in [0.2, 0.25) is 0 Å². The normalized spacial score (nSPS) is 13.5. The molecule has 0 aliphatic carbocycles. The summed E-state index contributed by atoms with van der Waals surface area (Å²) in [7, 11) is -4.77. The minimum Gasteiger partial charge on any atom is -0.462 e. The second-order valence-electron chi connectivity index (χ2n) is 11.5. The van der Waals surface area contributed by atoms with Gasteiger partial charge in [-0.3, -0.25) is 14.1 Å². The number of rotatable bonds is 31. The van der Waals surface area contributed by atoms with Gasteiger partial charge in [-0.15, -0.1) is 0 Å². The molecule has 0 radical (unpaired) electrons. The highest BCUT2D eigenvalue weighted by Crippen LogP contribution is 2.35. The van der Waals surface area contributed by atoms with Gasteiger partial charge in [-0.1, -0.05) is 131 Å². The predicted octanol–water partition coefficient (Wildman–Crippen LogP) is 10.5. The molecule has 0 unspecified atom stereocenters. The fourth-order valence-corrected chi connectivity index (χ4v) is 4.62. The van der Waals surface area contributed by atoms with Crippen molar-refractivity contribution in [2.24, 2.45) is 0 Å². The van der Waals surface area contributed by atoms with Crippen molar-refractivity contribution >= 4 is 19.8 Å². The van der Waals surface area contributed by atoms with Crippen LogP contribution in [0.4, 0.5) is 0 Å². The summed E-state index contributed by atoms with van der Waals surface area (Å²) in [6.07, 6.45) is 44.6. The van der Waals surface area contributed by atoms with E-state index in [9.17, 15) is 14.2 Å². The van der Waals surface area contributed by atoms with Crippen molar-refractivity contribution in [3.63, 3.8) is 0 Å². The number of ether oxygens (including phenoxy) is 2. The molecular weight excluding hydrogens is 627 g/mol. The van der Waals surface area contributed by atoms with Crippen LogP contribution in [0.3, 0.4) is 0 Å². The molecule has 0 amide bonds. The lowest BCUT2D eigenvalue weighted by Crippen LogP contribution is -2.29. The zero-order chi connectivity index (χ0) is 35.4. The summed E-state index contributed by atoms with van der Waals surface area (Å²) in [5.74, 6) is -1.01. The monoisotopic (exact) mass is 690 g/mol. The van der Waals surface area contributed by atoms with Crippen LogP contribution in [0.5, 0.6) is 0 Å². The Labute approximate surface area is 291 Å². The highest BCUT2D eigenvalue weighted by Gasteiger charge is 2.22. The van der Waals surface area contributed by atoms with Gasteiger partial charge in [0.05, 0.1) is 6.61 Å². The van der Waals surface area contributed by atoms with Crippen LogP contribution in [0.25, 0.3) is 0 Å². The van der Waals surface area contributed by atoms with Gasteiger partial charge in [0.2, 0.25) is 0 Å². The molecule has 8 nitrogen and oxygen atoms in total. The number of esters is 2. The summed E-state index contributed by atoms with van der Waals surface area (Å²) in [6, 6.07) is 0. The Morgan fingerprint density at radius 3 is 1.58 bits per heavy atom. The lowest BCUT2D eigenvalue weighted by Gasteiger charge is -2.18. The SMILES string of the molecule is CC/C=C/C/C=C/C/C=C/C/C=C/C/C=C/C/C=C/CCC(=O)O[C@H](COC(=O)CCCCCCC/C=C/CCCC)COP(=O)(O)O. The number of unbranched alkanes of at least 4 members (excludes halogenated alkanes) is 7. The lowest BCUT2D eigenvalue weighted by molar-refractivity contribution is -0.161. The smallest absolute Gasteiger partial charge is 0.462 e. The number of allylic oxidation sites excluding steroid dienone is 14. The summed E-state index contributed by atoms with van der Waals surface area (Å²) in [5.41, 5.74) is 0. The second kappa shape index (κ2) is 34.1. The van der Waals surface area contributed by atoms with Gasteiger partial charge < -0.3 is 19.3 Å². The quantitative estimate of drug-likeness (QED) is 0.0319. The largest absolute Gasteiger partial charge is 0.469 e. The van der Waals surface area contributed by atoms with Crippen LogP contribution in [0.1, 0.15) is 129 Å². The number of phosphoric acid groups is 1. The molecule has 48 heavy (non-hydrogen) atoms. The predicted molar refractivity (Wildman–Crippen MR) is 197 cm³/mol. The van der Waals surface area contributed by atoms with Crippen LogP contribution in [0, 0.1) is 0 Å². The van der Waals surface area contributed by atoms with Gasteiger partial charge in [0.15, 0.2) is 6.10 Å². The molecule has 0 aromatic carbocycles. The van der Waals surface area contributed by atoms with E-state index in [0.717, 1.165) is 77.0 Å². The fourth-order valence-electron chi connectivity index (χ4n) is 4.26. The first-order valence-corrected chi connectivity index (χ1v) is 19.4. The van der Waals surface area contributed by atoms with Crippen molar-refractivity contribution in [1.29, 1.82) is 0 Å². The molecule has 0 saturated carbocycles. The third-order valence-electron chi connectivity index (χ3n) is 6.91. The van der Waals surface area contributed by atoms with E-state index in [0.29, 0.717) is 12.8 Å². The lowest BCUT2D eigenvalue weighted by atomic mass is 10.1. The van der Waals surface area contributed by atoms with E-state index in [2.05, 4.69) is 91.3 Å². The summed E-state index contributed by atoms with van der Waals surface area (Å²) < 4.78 is 26.1. The molecule has 9 heteroatoms. The standard InChI is InChI=1S/C39H63O8P/c1-3-5-7-9-11-13-15-16-17-18-19-20-21-22-24-26-28-30-32-34-39(41)47-37(36-46-48(42,43)44)35-45-38(40)33-31-29-27-25-23-14-12-10-8-6-4-2/h5,7,10-13,16-17,19-20,22,24,28,30,37H,3-4,6,8-9,14-15,18,21,23,25-27,29,31-36H2,1-2H3,(H2,42,43,44)/b7-5+,12-10+,13-11+,17-16+,20-19+,24-22+,30-28+/t37-/m1/s1. The summed E-state index contributed by atoms with van der Waals surface area (Å²) in [5, 5.41) is 0. The Kier molecular flexibility index (Phi) is 32.1. The summed E-state index contributed by atoms with van der Waals surface area (Å²) in [6.45, 7) is 3.43. The van der Waals surface area contributed by atoms with Gasteiger partial charge in [-0.25, -0.2) is 4.57 Å². The van der Waals surface area contributed by atoms with Crippen LogP contribution < -0.4 is 0 Å². The number of carbonyl (C=O) groups is 2. The summed E-state index contributed by atoms with van der Waals surface area (Å²) >= 11 is 0. The van der Waals surface area contributed by atoms with E-state index < -0.39 is 32.5 Å². The van der Waals surface area contributed by atoms with E-state index in [4.69, 9.17) is 19.3 Å². The van der Waals surface area contributed by atoms with E-state index in [1.54, 1.807) is 0 Å². The Morgan fingerprint density at radius 2 is 1.04 bits per heavy atom. The molecule has 0 aromatic rings. The first kappa shape index (κ1) is 45.2. The fraction of sp³-hybridized carbons (Fsp3) is 0.590. The van der Waals surface area contributed by atoms with Gasteiger partial charge in [0.1, 0.15) is 6.61 Å². The highest BCUT2D eigenvalue weighted by atomic mass is 31.2. The van der Waals surface area contributed by atoms with Crippen molar-refractivity contribution in [3.05, 3.63) is 85.1 Å². The topological polar surface area (TPSA) is 119 Å². The van der Waals surface area contributed by atoms with E-state index in [1.807, 2.05) is 12.2 Å². The Balaban J connectivity index is 4.17. The van der Waals surface area contributed by atoms with Crippen molar-refractivity contribution < 1.29 is 37.9 Å². The first-order valence-electron chi connectivity index (χ1n) is 17.9. The zero-order valence-corrected chi connectivity index (χ0v) is 30.5. The highest BCUT2D eigenvalue weighted by molar-refractivity contribution is 7.46. The second-order valence-corrected chi connectivity index (χ2v) is 12.7. The van der Waals surface area contributed by atoms with Crippen LogP contribution in [-0.4, -0.2) is 41.0 Å². The number of carbonyl (C=O) groups excluding carboxylic acids is 2. The molecule has 0 heterocycles. The van der Waals surface area contributed by atoms with Gasteiger partial charge in [0.25, 0.3) is 0 Å². The van der Waals surface area contributed by atoms with E-state index >= 15 is 0 Å². The molecule has 0 aliphatic rings. The van der Waals surface area contributed by atoms with E-state index in [-0.39, 0.29) is 19.4 Å². The molecule has 0 spiro atoms. The summed E-state index contributed by atoms with van der Waals surface area (Å²) in [4.78, 5) is 42.5. The van der Waals surface area contributed by atoms with Crippen LogP contribution in [-0.2, 0) is 28.2 Å².